The second-order valence-corrected chi connectivity index (χ2v) is 12.2. The Morgan fingerprint density at radius 2 is 1.87 bits per heavy atom. The van der Waals surface area contributed by atoms with Crippen LogP contribution in [-0.2, 0) is 4.79 Å². The number of hydrogen-bond acceptors (Lipinski definition) is 8. The molecular weight excluding hydrogens is 618 g/mol. The van der Waals surface area contributed by atoms with E-state index in [0.717, 1.165) is 6.42 Å². The van der Waals surface area contributed by atoms with Gasteiger partial charge in [-0.05, 0) is 73.4 Å². The largest absolute Gasteiger partial charge is 0.480 e. The molecule has 2 aliphatic heterocycles. The quantitative estimate of drug-likeness (QED) is 0.200. The van der Waals surface area contributed by atoms with Crippen LogP contribution >= 0.6 is 0 Å². The summed E-state index contributed by atoms with van der Waals surface area (Å²) >= 11 is 0. The third-order valence-corrected chi connectivity index (χ3v) is 9.22. The van der Waals surface area contributed by atoms with Crippen molar-refractivity contribution in [3.05, 3.63) is 77.9 Å². The zero-order valence-corrected chi connectivity index (χ0v) is 25.8. The third-order valence-electron chi connectivity index (χ3n) is 9.22. The van der Waals surface area contributed by atoms with E-state index in [4.69, 9.17) is 10.5 Å². The molecule has 2 aromatic carbocycles. The highest BCUT2D eigenvalue weighted by atomic mass is 19.4. The highest BCUT2D eigenvalue weighted by Crippen LogP contribution is 2.46. The molecule has 6 rings (SSSR count). The number of nitrogens with two attached hydrogens (primary N) is 1. The monoisotopic (exact) mass is 653 g/mol. The van der Waals surface area contributed by atoms with E-state index < -0.39 is 30.1 Å². The molecule has 14 heteroatoms. The van der Waals surface area contributed by atoms with E-state index in [9.17, 15) is 27.5 Å². The van der Waals surface area contributed by atoms with E-state index in [1.54, 1.807) is 25.3 Å². The predicted octanol–water partition coefficient (Wildman–Crippen LogP) is 5.85. The lowest BCUT2D eigenvalue weighted by Gasteiger charge is -2.43. The number of carbonyl (C=O) groups is 1. The maximum atomic E-state index is 14.8. The molecule has 2 fully saturated rings. The van der Waals surface area contributed by atoms with E-state index >= 15 is 0 Å². The Hall–Kier alpha value is -4.72. The van der Waals surface area contributed by atoms with Gasteiger partial charge in [0.05, 0.1) is 11.4 Å². The van der Waals surface area contributed by atoms with Crippen LogP contribution in [0.5, 0.6) is 5.88 Å². The Labute approximate surface area is 268 Å². The molecule has 0 bridgehead atoms. The van der Waals surface area contributed by atoms with Gasteiger partial charge in [-0.25, -0.2) is 9.07 Å². The van der Waals surface area contributed by atoms with Gasteiger partial charge >= 0.3 is 12.1 Å². The Balaban J connectivity index is 1.30. The maximum Gasteiger partial charge on any atom is 0.429 e. The van der Waals surface area contributed by atoms with Crippen molar-refractivity contribution in [3.63, 3.8) is 0 Å². The average molecular weight is 654 g/mol. The zero-order chi connectivity index (χ0) is 33.5. The second-order valence-electron chi connectivity index (χ2n) is 12.2. The van der Waals surface area contributed by atoms with Crippen LogP contribution < -0.4 is 20.7 Å². The molecule has 248 valence electrons. The number of aryl methyl sites for hydroxylation is 1. The lowest BCUT2D eigenvalue weighted by atomic mass is 9.71. The Kier molecular flexibility index (Phi) is 8.55. The van der Waals surface area contributed by atoms with E-state index in [2.05, 4.69) is 20.4 Å². The third kappa shape index (κ3) is 6.59. The van der Waals surface area contributed by atoms with Gasteiger partial charge in [0.1, 0.15) is 17.7 Å². The molecular formula is C33H35F4N7O3. The molecule has 0 radical (unpaired) electrons. The van der Waals surface area contributed by atoms with Gasteiger partial charge in [-0.2, -0.15) is 28.2 Å². The zero-order valence-electron chi connectivity index (χ0n) is 25.8. The van der Waals surface area contributed by atoms with E-state index in [1.165, 1.54) is 47.1 Å². The van der Waals surface area contributed by atoms with Crippen LogP contribution in [0.15, 0.2) is 60.8 Å². The summed E-state index contributed by atoms with van der Waals surface area (Å²) in [5, 5.41) is 17.2. The van der Waals surface area contributed by atoms with Gasteiger partial charge in [0.15, 0.2) is 0 Å². The minimum atomic E-state index is -4.87. The molecule has 0 amide bonds. The standard InChI is InChI=1S/C33H35F4N7O3/c1-3-26-32(18-24(39-26)30(45)46)10-13-43(14-11-32)27-17-28(41-31(38)40-27)47-29(33(35,36)37)23-8-7-21(20-5-4-6-22(34)15-20)16-25(23)44-12-9-19(2)42-44/h4-9,12,15-17,24,26,29,39H,3,10-11,13-14,18H2,1-2H3,(H,45,46)(H2,38,40,41)/t24?,26?,29-/m1/s1. The van der Waals surface area contributed by atoms with Gasteiger partial charge in [0.25, 0.3) is 0 Å². The predicted molar refractivity (Wildman–Crippen MR) is 167 cm³/mol. The first kappa shape index (κ1) is 32.2. The Morgan fingerprint density at radius 1 is 1.13 bits per heavy atom. The number of piperidine rings is 1. The molecule has 47 heavy (non-hydrogen) atoms. The lowest BCUT2D eigenvalue weighted by Crippen LogP contribution is -2.46. The molecule has 3 atom stereocenters. The molecule has 4 heterocycles. The van der Waals surface area contributed by atoms with E-state index in [-0.39, 0.29) is 34.5 Å². The van der Waals surface area contributed by atoms with Crippen molar-refractivity contribution in [2.45, 2.75) is 63.9 Å². The lowest BCUT2D eigenvalue weighted by molar-refractivity contribution is -0.198. The van der Waals surface area contributed by atoms with Gasteiger partial charge in [-0.1, -0.05) is 31.2 Å². The number of carboxylic acid groups (broad SMARTS) is 1. The number of anilines is 2. The molecule has 2 unspecified atom stereocenters. The molecule has 2 aliphatic rings. The number of halogens is 4. The summed E-state index contributed by atoms with van der Waals surface area (Å²) in [6.07, 6.45) is -3.14. The summed E-state index contributed by atoms with van der Waals surface area (Å²) in [6.45, 7) is 4.75. The number of rotatable bonds is 8. The number of aromatic nitrogens is 4. The van der Waals surface area contributed by atoms with E-state index in [1.807, 2.05) is 11.8 Å². The molecule has 0 aliphatic carbocycles. The van der Waals surface area contributed by atoms with Crippen LogP contribution in [0.2, 0.25) is 0 Å². The van der Waals surface area contributed by atoms with Crippen molar-refractivity contribution in [3.8, 4) is 22.7 Å². The minimum Gasteiger partial charge on any atom is -0.480 e. The van der Waals surface area contributed by atoms with Crippen molar-refractivity contribution >= 4 is 17.7 Å². The molecule has 4 N–H and O–H groups in total. The summed E-state index contributed by atoms with van der Waals surface area (Å²) in [7, 11) is 0. The molecule has 1 spiro atoms. The highest BCUT2D eigenvalue weighted by Gasteiger charge is 2.50. The summed E-state index contributed by atoms with van der Waals surface area (Å²) in [5.74, 6) is -1.63. The number of hydrogen-bond donors (Lipinski definition) is 3. The fourth-order valence-corrected chi connectivity index (χ4v) is 6.91. The first-order valence-electron chi connectivity index (χ1n) is 15.4. The van der Waals surface area contributed by atoms with Crippen LogP contribution in [0.4, 0.5) is 29.3 Å². The van der Waals surface area contributed by atoms with Crippen LogP contribution in [0, 0.1) is 18.2 Å². The van der Waals surface area contributed by atoms with Crippen molar-refractivity contribution in [2.75, 3.05) is 23.7 Å². The van der Waals surface area contributed by atoms with Crippen molar-refractivity contribution in [1.29, 1.82) is 0 Å². The van der Waals surface area contributed by atoms with Crippen molar-refractivity contribution in [1.82, 2.24) is 25.1 Å². The first-order valence-corrected chi connectivity index (χ1v) is 15.4. The number of carboxylic acids is 1. The van der Waals surface area contributed by atoms with Gasteiger partial charge < -0.3 is 25.8 Å². The number of nitrogens with zero attached hydrogens (tertiary/aromatic N) is 5. The van der Waals surface area contributed by atoms with E-state index in [0.29, 0.717) is 55.0 Å². The molecule has 0 saturated carbocycles. The summed E-state index contributed by atoms with van der Waals surface area (Å²) < 4.78 is 65.4. The molecule has 4 aromatic rings. The molecule has 2 aromatic heterocycles. The van der Waals surface area contributed by atoms with Crippen molar-refractivity contribution in [2.24, 2.45) is 5.41 Å². The second kappa shape index (κ2) is 12.5. The molecule has 10 nitrogen and oxygen atoms in total. The normalized spacial score (nSPS) is 20.0. The number of nitrogens with one attached hydrogen (secondary N) is 1. The Bertz CT molecular complexity index is 1770. The van der Waals surface area contributed by atoms with Gasteiger partial charge in [-0.3, -0.25) is 4.79 Å². The highest BCUT2D eigenvalue weighted by molar-refractivity contribution is 5.74. The number of aliphatic carboxylic acids is 1. The number of alkyl halides is 3. The summed E-state index contributed by atoms with van der Waals surface area (Å²) in [5.41, 5.74) is 7.22. The minimum absolute atomic E-state index is 0.0488. The van der Waals surface area contributed by atoms with Gasteiger partial charge in [0, 0.05) is 37.0 Å². The average Bonchev–Trinajstić information content (AvgIpc) is 3.62. The fourth-order valence-electron chi connectivity index (χ4n) is 6.91. The summed E-state index contributed by atoms with van der Waals surface area (Å²) in [6, 6.07) is 12.5. The number of nitrogen functional groups attached to an aromatic ring is 1. The Morgan fingerprint density at radius 3 is 2.51 bits per heavy atom. The topological polar surface area (TPSA) is 131 Å². The van der Waals surface area contributed by atoms with Crippen LogP contribution in [0.1, 0.15) is 50.0 Å². The van der Waals surface area contributed by atoms with Gasteiger partial charge in [0.2, 0.25) is 17.9 Å². The fraction of sp³-hybridized carbons (Fsp3) is 0.394. The molecule has 2 saturated heterocycles. The van der Waals surface area contributed by atoms with Crippen molar-refractivity contribution < 1.29 is 32.2 Å². The number of ether oxygens (including phenoxy) is 1. The maximum absolute atomic E-state index is 14.8. The van der Waals surface area contributed by atoms with Crippen LogP contribution in [0.3, 0.4) is 0 Å². The van der Waals surface area contributed by atoms with Crippen LogP contribution in [0.25, 0.3) is 16.8 Å². The SMILES string of the molecule is CCC1NC(C(=O)O)CC12CCN(c1cc(O[C@H](c3ccc(-c4cccc(F)c4)cc3-n3ccc(C)n3)C(F)(F)F)nc(N)n1)CC2. The smallest absolute Gasteiger partial charge is 0.429 e. The first-order chi connectivity index (χ1) is 22.3. The van der Waals surface area contributed by atoms with Crippen LogP contribution in [-0.4, -0.2) is 62.2 Å². The number of benzene rings is 2. The van der Waals surface area contributed by atoms with Gasteiger partial charge in [-0.15, -0.1) is 0 Å². The summed E-state index contributed by atoms with van der Waals surface area (Å²) in [4.78, 5) is 21.9.